The second kappa shape index (κ2) is 4.46. The van der Waals surface area contributed by atoms with Crippen LogP contribution in [0.15, 0.2) is 50.8 Å². The van der Waals surface area contributed by atoms with Crippen molar-refractivity contribution in [3.8, 4) is 0 Å². The fourth-order valence-electron chi connectivity index (χ4n) is 1.62. The molecule has 0 saturated carbocycles. The van der Waals surface area contributed by atoms with Gasteiger partial charge in [-0.25, -0.2) is 27.9 Å². The molecule has 2 heterocycles. The number of oxazole rings is 1. The lowest BCUT2D eigenvalue weighted by Gasteiger charge is -2.05. The van der Waals surface area contributed by atoms with Gasteiger partial charge in [0.15, 0.2) is 5.58 Å². The lowest BCUT2D eigenvalue weighted by Crippen LogP contribution is -2.14. The van der Waals surface area contributed by atoms with Gasteiger partial charge in [-0.1, -0.05) is 0 Å². The van der Waals surface area contributed by atoms with Crippen LogP contribution in [0.5, 0.6) is 0 Å². The third kappa shape index (κ3) is 2.26. The Morgan fingerprint density at radius 3 is 2.70 bits per heavy atom. The molecule has 2 N–H and O–H groups in total. The monoisotopic (exact) mass is 292 g/mol. The number of aromatic nitrogens is 3. The van der Waals surface area contributed by atoms with Crippen LogP contribution in [0.3, 0.4) is 0 Å². The number of nitrogens with zero attached hydrogens (tertiary/aromatic N) is 2. The summed E-state index contributed by atoms with van der Waals surface area (Å²) >= 11 is 0. The van der Waals surface area contributed by atoms with Crippen LogP contribution >= 0.6 is 0 Å². The van der Waals surface area contributed by atoms with Crippen molar-refractivity contribution in [3.63, 3.8) is 0 Å². The molecule has 0 aliphatic rings. The fourth-order valence-corrected chi connectivity index (χ4v) is 2.60. The van der Waals surface area contributed by atoms with E-state index in [0.717, 1.165) is 0 Å². The molecule has 0 atom stereocenters. The Hall–Kier alpha value is -2.68. The Morgan fingerprint density at radius 2 is 1.95 bits per heavy atom. The summed E-state index contributed by atoms with van der Waals surface area (Å²) < 4.78 is 31.3. The first-order valence-corrected chi connectivity index (χ1v) is 6.96. The number of benzene rings is 1. The predicted molar refractivity (Wildman–Crippen MR) is 69.7 cm³/mol. The number of nitrogens with one attached hydrogen (secondary N) is 2. The molecule has 0 unspecified atom stereocenters. The molecule has 0 amide bonds. The average Bonchev–Trinajstić information content (AvgIpc) is 2.78. The Morgan fingerprint density at radius 1 is 1.20 bits per heavy atom. The minimum atomic E-state index is -3.85. The predicted octanol–water partition coefficient (Wildman–Crippen LogP) is 0.712. The van der Waals surface area contributed by atoms with Crippen molar-refractivity contribution in [2.45, 2.75) is 4.90 Å². The molecular formula is C11H8N4O4S. The van der Waals surface area contributed by atoms with Crippen molar-refractivity contribution in [2.24, 2.45) is 0 Å². The van der Waals surface area contributed by atoms with Crippen molar-refractivity contribution >= 4 is 27.1 Å². The molecule has 1 aromatic carbocycles. The van der Waals surface area contributed by atoms with E-state index in [9.17, 15) is 13.2 Å². The van der Waals surface area contributed by atoms with Gasteiger partial charge < -0.3 is 4.42 Å². The third-order valence-electron chi connectivity index (χ3n) is 2.49. The van der Waals surface area contributed by atoms with Crippen molar-refractivity contribution in [1.29, 1.82) is 0 Å². The zero-order valence-electron chi connectivity index (χ0n) is 9.90. The number of H-pyrrole nitrogens is 1. The van der Waals surface area contributed by atoms with Crippen molar-refractivity contribution in [2.75, 3.05) is 4.72 Å². The van der Waals surface area contributed by atoms with E-state index in [1.54, 1.807) is 6.07 Å². The molecule has 0 spiro atoms. The summed E-state index contributed by atoms with van der Waals surface area (Å²) in [7, 11) is -3.85. The van der Waals surface area contributed by atoms with E-state index in [4.69, 9.17) is 4.42 Å². The summed E-state index contributed by atoms with van der Waals surface area (Å²) in [6, 6.07) is 5.61. The minimum Gasteiger partial charge on any atom is -0.408 e. The Bertz CT molecular complexity index is 914. The Kier molecular flexibility index (Phi) is 2.75. The minimum absolute atomic E-state index is 0.0388. The molecule has 0 aliphatic carbocycles. The van der Waals surface area contributed by atoms with Crippen LogP contribution in [0.25, 0.3) is 11.1 Å². The maximum absolute atomic E-state index is 12.1. The molecule has 9 heteroatoms. The molecule has 0 radical (unpaired) electrons. The van der Waals surface area contributed by atoms with E-state index < -0.39 is 15.8 Å². The molecule has 102 valence electrons. The van der Waals surface area contributed by atoms with Crippen molar-refractivity contribution in [3.05, 3.63) is 47.2 Å². The molecule has 0 aliphatic heterocycles. The van der Waals surface area contributed by atoms with Crippen LogP contribution < -0.4 is 10.5 Å². The van der Waals surface area contributed by atoms with Gasteiger partial charge >= 0.3 is 5.76 Å². The summed E-state index contributed by atoms with van der Waals surface area (Å²) in [4.78, 5) is 21.0. The molecule has 3 aromatic rings. The fraction of sp³-hybridized carbons (Fsp3) is 0. The van der Waals surface area contributed by atoms with E-state index in [0.29, 0.717) is 5.52 Å². The smallest absolute Gasteiger partial charge is 0.408 e. The maximum atomic E-state index is 12.1. The number of fused-ring (bicyclic) bond motifs is 1. The van der Waals surface area contributed by atoms with Gasteiger partial charge in [0, 0.05) is 18.5 Å². The van der Waals surface area contributed by atoms with Gasteiger partial charge in [0.2, 0.25) is 5.95 Å². The first-order chi connectivity index (χ1) is 9.54. The molecule has 8 nitrogen and oxygen atoms in total. The highest BCUT2D eigenvalue weighted by Gasteiger charge is 2.17. The van der Waals surface area contributed by atoms with E-state index in [-0.39, 0.29) is 16.4 Å². The van der Waals surface area contributed by atoms with Gasteiger partial charge in [-0.05, 0) is 18.2 Å². The van der Waals surface area contributed by atoms with E-state index in [2.05, 4.69) is 19.7 Å². The number of rotatable bonds is 3. The third-order valence-corrected chi connectivity index (χ3v) is 3.82. The van der Waals surface area contributed by atoms with Gasteiger partial charge in [-0.2, -0.15) is 0 Å². The number of hydrogen-bond acceptors (Lipinski definition) is 6. The number of aromatic amines is 1. The summed E-state index contributed by atoms with van der Waals surface area (Å²) in [5, 5.41) is 0. The van der Waals surface area contributed by atoms with Crippen LogP contribution in [0.2, 0.25) is 0 Å². The quantitative estimate of drug-likeness (QED) is 0.734. The molecule has 0 fully saturated rings. The SMILES string of the molecule is O=c1[nH]c2ccc(S(=O)(=O)Nc3ncccn3)cc2o1. The van der Waals surface area contributed by atoms with Gasteiger partial charge in [-0.3, -0.25) is 4.98 Å². The van der Waals surface area contributed by atoms with Crippen LogP contribution in [0.4, 0.5) is 5.95 Å². The van der Waals surface area contributed by atoms with Gasteiger partial charge in [0.1, 0.15) is 0 Å². The summed E-state index contributed by atoms with van der Waals surface area (Å²) in [5.41, 5.74) is 0.580. The average molecular weight is 292 g/mol. The number of hydrogen-bond donors (Lipinski definition) is 2. The standard InChI is InChI=1S/C11H8N4O4S/c16-11-14-8-3-2-7(6-9(8)19-11)20(17,18)15-10-12-4-1-5-13-10/h1-6H,(H,14,16)(H,12,13,15). The normalized spacial score (nSPS) is 11.6. The second-order valence-corrected chi connectivity index (χ2v) is 5.53. The Labute approximate surface area is 112 Å². The number of anilines is 1. The molecule has 3 rings (SSSR count). The topological polar surface area (TPSA) is 118 Å². The molecular weight excluding hydrogens is 284 g/mol. The first kappa shape index (κ1) is 12.4. The van der Waals surface area contributed by atoms with Crippen LogP contribution in [0.1, 0.15) is 0 Å². The van der Waals surface area contributed by atoms with Crippen LogP contribution in [-0.2, 0) is 10.0 Å². The molecule has 0 bridgehead atoms. The zero-order valence-corrected chi connectivity index (χ0v) is 10.7. The summed E-state index contributed by atoms with van der Waals surface area (Å²) in [6.45, 7) is 0. The lowest BCUT2D eigenvalue weighted by atomic mass is 10.3. The van der Waals surface area contributed by atoms with Crippen molar-refractivity contribution in [1.82, 2.24) is 15.0 Å². The summed E-state index contributed by atoms with van der Waals surface area (Å²) in [6.07, 6.45) is 2.83. The second-order valence-electron chi connectivity index (χ2n) is 3.85. The first-order valence-electron chi connectivity index (χ1n) is 5.47. The highest BCUT2D eigenvalue weighted by atomic mass is 32.2. The highest BCUT2D eigenvalue weighted by molar-refractivity contribution is 7.92. The maximum Gasteiger partial charge on any atom is 0.417 e. The van der Waals surface area contributed by atoms with Gasteiger partial charge in [0.05, 0.1) is 10.4 Å². The van der Waals surface area contributed by atoms with Gasteiger partial charge in [-0.15, -0.1) is 0 Å². The van der Waals surface area contributed by atoms with Gasteiger partial charge in [0.25, 0.3) is 10.0 Å². The lowest BCUT2D eigenvalue weighted by molar-refractivity contribution is 0.554. The van der Waals surface area contributed by atoms with Crippen molar-refractivity contribution < 1.29 is 12.8 Å². The largest absolute Gasteiger partial charge is 0.417 e. The Balaban J connectivity index is 2.02. The van der Waals surface area contributed by atoms with Crippen LogP contribution in [0, 0.1) is 0 Å². The molecule has 0 saturated heterocycles. The van der Waals surface area contributed by atoms with E-state index >= 15 is 0 Å². The van der Waals surface area contributed by atoms with Crippen LogP contribution in [-0.4, -0.2) is 23.4 Å². The van der Waals surface area contributed by atoms with E-state index in [1.807, 2.05) is 0 Å². The zero-order chi connectivity index (χ0) is 14.2. The highest BCUT2D eigenvalue weighted by Crippen LogP contribution is 2.18. The number of sulfonamides is 1. The molecule has 2 aromatic heterocycles. The van der Waals surface area contributed by atoms with E-state index in [1.165, 1.54) is 30.6 Å². The molecule has 20 heavy (non-hydrogen) atoms. The summed E-state index contributed by atoms with van der Waals surface area (Å²) in [5.74, 6) is -0.683.